The fourth-order valence-electron chi connectivity index (χ4n) is 1.87. The highest BCUT2D eigenvalue weighted by molar-refractivity contribution is 5.84. The summed E-state index contributed by atoms with van der Waals surface area (Å²) in [5, 5.41) is 0.825. The fourth-order valence-corrected chi connectivity index (χ4v) is 1.87. The molecule has 14 heavy (non-hydrogen) atoms. The second-order valence-corrected chi connectivity index (χ2v) is 3.83. The van der Waals surface area contributed by atoms with Gasteiger partial charge in [0.2, 0.25) is 0 Å². The first kappa shape index (κ1) is 7.97. The lowest BCUT2D eigenvalue weighted by atomic mass is 10.1. The van der Waals surface area contributed by atoms with Gasteiger partial charge in [0.05, 0.1) is 0 Å². The van der Waals surface area contributed by atoms with Crippen LogP contribution in [0.25, 0.3) is 10.9 Å². The summed E-state index contributed by atoms with van der Waals surface area (Å²) in [6, 6.07) is 2.51. The molecule has 1 aromatic heterocycles. The maximum Gasteiger partial charge on any atom is 0.160 e. The van der Waals surface area contributed by atoms with Crippen molar-refractivity contribution in [1.29, 1.82) is 0 Å². The lowest BCUT2D eigenvalue weighted by Gasteiger charge is -1.96. The molecule has 0 aliphatic heterocycles. The van der Waals surface area contributed by atoms with E-state index in [9.17, 15) is 8.78 Å². The smallest absolute Gasteiger partial charge is 0.160 e. The normalized spacial score (nSPS) is 16.4. The van der Waals surface area contributed by atoms with Crippen molar-refractivity contribution in [3.63, 3.8) is 0 Å². The summed E-state index contributed by atoms with van der Waals surface area (Å²) < 4.78 is 25.9. The molecule has 0 saturated heterocycles. The van der Waals surface area contributed by atoms with Gasteiger partial charge in [-0.25, -0.2) is 8.78 Å². The molecule has 1 aliphatic rings. The second-order valence-electron chi connectivity index (χ2n) is 3.83. The summed E-state index contributed by atoms with van der Waals surface area (Å²) >= 11 is 0. The molecule has 2 aromatic rings. The quantitative estimate of drug-likeness (QED) is 0.715. The summed E-state index contributed by atoms with van der Waals surface area (Å²) in [5.74, 6) is -1.01. The summed E-state index contributed by atoms with van der Waals surface area (Å²) in [6.07, 6.45) is 4.18. The van der Waals surface area contributed by atoms with Crippen molar-refractivity contribution in [1.82, 2.24) is 4.98 Å². The van der Waals surface area contributed by atoms with Gasteiger partial charge in [0, 0.05) is 23.2 Å². The lowest BCUT2D eigenvalue weighted by molar-refractivity contribution is 0.511. The standard InChI is InChI=1S/C11H9F2N/c12-9-3-7-8(6-1-2-6)5-14-11(7)4-10(9)13/h3-6,14H,1-2H2. The van der Waals surface area contributed by atoms with Gasteiger partial charge in [-0.1, -0.05) is 0 Å². The Morgan fingerprint density at radius 2 is 1.86 bits per heavy atom. The Bertz CT molecular complexity index is 497. The van der Waals surface area contributed by atoms with Crippen LogP contribution in [0.3, 0.4) is 0 Å². The molecule has 1 heterocycles. The van der Waals surface area contributed by atoms with Crippen LogP contribution in [0, 0.1) is 11.6 Å². The summed E-state index contributed by atoms with van der Waals surface area (Å²) in [5.41, 5.74) is 1.81. The molecule has 0 unspecified atom stereocenters. The van der Waals surface area contributed by atoms with Crippen LogP contribution in [0.1, 0.15) is 24.3 Å². The molecule has 1 aliphatic carbocycles. The van der Waals surface area contributed by atoms with Crippen molar-refractivity contribution in [2.75, 3.05) is 0 Å². The van der Waals surface area contributed by atoms with E-state index in [0.29, 0.717) is 11.4 Å². The van der Waals surface area contributed by atoms with E-state index in [1.54, 1.807) is 0 Å². The molecular weight excluding hydrogens is 184 g/mol. The van der Waals surface area contributed by atoms with Gasteiger partial charge in [-0.2, -0.15) is 0 Å². The Labute approximate surface area is 79.7 Å². The van der Waals surface area contributed by atoms with E-state index in [0.717, 1.165) is 23.8 Å². The molecular formula is C11H9F2N. The first-order valence-corrected chi connectivity index (χ1v) is 4.72. The number of nitrogens with one attached hydrogen (secondary N) is 1. The van der Waals surface area contributed by atoms with Gasteiger partial charge in [-0.05, 0) is 30.4 Å². The zero-order chi connectivity index (χ0) is 9.71. The molecule has 0 bridgehead atoms. The monoisotopic (exact) mass is 193 g/mol. The fraction of sp³-hybridized carbons (Fsp3) is 0.273. The Morgan fingerprint density at radius 3 is 2.57 bits per heavy atom. The number of hydrogen-bond donors (Lipinski definition) is 1. The van der Waals surface area contributed by atoms with Crippen LogP contribution in [0.2, 0.25) is 0 Å². The minimum absolute atomic E-state index is 0.550. The van der Waals surface area contributed by atoms with Crippen molar-refractivity contribution >= 4 is 10.9 Å². The molecule has 1 saturated carbocycles. The molecule has 1 nitrogen and oxygen atoms in total. The van der Waals surface area contributed by atoms with Gasteiger partial charge in [-0.3, -0.25) is 0 Å². The van der Waals surface area contributed by atoms with E-state index in [4.69, 9.17) is 0 Å². The second kappa shape index (κ2) is 2.56. The molecule has 0 atom stereocenters. The van der Waals surface area contributed by atoms with Gasteiger partial charge in [-0.15, -0.1) is 0 Å². The van der Waals surface area contributed by atoms with Gasteiger partial charge in [0.1, 0.15) is 0 Å². The average molecular weight is 193 g/mol. The molecule has 1 N–H and O–H groups in total. The highest BCUT2D eigenvalue weighted by Crippen LogP contribution is 2.43. The first-order chi connectivity index (χ1) is 6.75. The van der Waals surface area contributed by atoms with Crippen molar-refractivity contribution in [2.45, 2.75) is 18.8 Å². The number of aromatic nitrogens is 1. The summed E-state index contributed by atoms with van der Waals surface area (Å²) in [7, 11) is 0. The minimum atomic E-state index is -0.790. The Balaban J connectivity index is 2.29. The lowest BCUT2D eigenvalue weighted by Crippen LogP contribution is -1.83. The van der Waals surface area contributed by atoms with Crippen LogP contribution in [-0.2, 0) is 0 Å². The SMILES string of the molecule is Fc1cc2[nH]cc(C3CC3)c2cc1F. The van der Waals surface area contributed by atoms with Crippen LogP contribution >= 0.6 is 0 Å². The van der Waals surface area contributed by atoms with Crippen LogP contribution in [-0.4, -0.2) is 4.98 Å². The van der Waals surface area contributed by atoms with E-state index in [2.05, 4.69) is 4.98 Å². The van der Waals surface area contributed by atoms with Crippen LogP contribution < -0.4 is 0 Å². The maximum atomic E-state index is 13.0. The van der Waals surface area contributed by atoms with Gasteiger partial charge in [0.15, 0.2) is 11.6 Å². The summed E-state index contributed by atoms with van der Waals surface area (Å²) in [6.45, 7) is 0. The molecule has 3 rings (SSSR count). The average Bonchev–Trinajstić information content (AvgIpc) is 2.91. The number of rotatable bonds is 1. The van der Waals surface area contributed by atoms with Crippen LogP contribution in [0.4, 0.5) is 8.78 Å². The zero-order valence-electron chi connectivity index (χ0n) is 7.48. The first-order valence-electron chi connectivity index (χ1n) is 4.72. The topological polar surface area (TPSA) is 15.8 Å². The number of aromatic amines is 1. The molecule has 1 fully saturated rings. The number of hydrogen-bond acceptors (Lipinski definition) is 0. The van der Waals surface area contributed by atoms with Crippen molar-refractivity contribution in [2.24, 2.45) is 0 Å². The Hall–Kier alpha value is -1.38. The highest BCUT2D eigenvalue weighted by atomic mass is 19.2. The number of benzene rings is 1. The highest BCUT2D eigenvalue weighted by Gasteiger charge is 2.26. The molecule has 0 radical (unpaired) electrons. The largest absolute Gasteiger partial charge is 0.361 e. The molecule has 3 heteroatoms. The predicted molar refractivity (Wildman–Crippen MR) is 50.2 cm³/mol. The van der Waals surface area contributed by atoms with Crippen molar-refractivity contribution in [3.05, 3.63) is 35.5 Å². The minimum Gasteiger partial charge on any atom is -0.361 e. The van der Waals surface area contributed by atoms with E-state index < -0.39 is 11.6 Å². The predicted octanol–water partition coefficient (Wildman–Crippen LogP) is 3.32. The van der Waals surface area contributed by atoms with E-state index in [1.165, 1.54) is 12.1 Å². The third-order valence-electron chi connectivity index (χ3n) is 2.77. The molecule has 0 amide bonds. The summed E-state index contributed by atoms with van der Waals surface area (Å²) in [4.78, 5) is 2.97. The van der Waals surface area contributed by atoms with Gasteiger partial charge < -0.3 is 4.98 Å². The maximum absolute atomic E-state index is 13.0. The van der Waals surface area contributed by atoms with E-state index >= 15 is 0 Å². The third-order valence-corrected chi connectivity index (χ3v) is 2.77. The Morgan fingerprint density at radius 1 is 1.14 bits per heavy atom. The molecule has 1 aromatic carbocycles. The van der Waals surface area contributed by atoms with Crippen LogP contribution in [0.15, 0.2) is 18.3 Å². The number of halogens is 2. The number of fused-ring (bicyclic) bond motifs is 1. The third kappa shape index (κ3) is 1.05. The van der Waals surface area contributed by atoms with Crippen molar-refractivity contribution < 1.29 is 8.78 Å². The van der Waals surface area contributed by atoms with E-state index in [-0.39, 0.29) is 0 Å². The van der Waals surface area contributed by atoms with Gasteiger partial charge in [0.25, 0.3) is 0 Å². The van der Waals surface area contributed by atoms with Crippen molar-refractivity contribution in [3.8, 4) is 0 Å². The van der Waals surface area contributed by atoms with E-state index in [1.807, 2.05) is 6.20 Å². The molecule has 0 spiro atoms. The number of H-pyrrole nitrogens is 1. The molecule has 72 valence electrons. The van der Waals surface area contributed by atoms with Gasteiger partial charge >= 0.3 is 0 Å². The van der Waals surface area contributed by atoms with Crippen LogP contribution in [0.5, 0.6) is 0 Å². The zero-order valence-corrected chi connectivity index (χ0v) is 7.48. The Kier molecular flexibility index (Phi) is 1.46.